The Labute approximate surface area is 122 Å². The first-order valence-corrected chi connectivity index (χ1v) is 7.74. The van der Waals surface area contributed by atoms with Crippen LogP contribution in [0.4, 0.5) is 5.69 Å². The van der Waals surface area contributed by atoms with E-state index in [1.807, 2.05) is 6.20 Å². The van der Waals surface area contributed by atoms with E-state index in [-0.39, 0.29) is 0 Å². The maximum atomic E-state index is 5.75. The number of likely N-dealkylation sites (N-methyl/N-ethyl adjacent to an activating group) is 1. The van der Waals surface area contributed by atoms with E-state index in [9.17, 15) is 0 Å². The molecule has 2 heterocycles. The van der Waals surface area contributed by atoms with E-state index >= 15 is 0 Å². The van der Waals surface area contributed by atoms with E-state index in [0.29, 0.717) is 12.1 Å². The standard InChI is InChI=1S/C16H27N3O/c1-4-19(12-16-6-5-9-20-16)15-7-8-17-14(10-15)11-18-13(2)3/h7-8,10,13,16,18H,4-6,9,11-12H2,1-3H3. The van der Waals surface area contributed by atoms with Gasteiger partial charge in [0.25, 0.3) is 0 Å². The molecule has 0 saturated carbocycles. The van der Waals surface area contributed by atoms with Crippen LogP contribution < -0.4 is 10.2 Å². The van der Waals surface area contributed by atoms with Gasteiger partial charge in [0, 0.05) is 44.2 Å². The van der Waals surface area contributed by atoms with E-state index in [2.05, 4.69) is 48.1 Å². The molecule has 4 nitrogen and oxygen atoms in total. The zero-order valence-electron chi connectivity index (χ0n) is 12.9. The molecular formula is C16H27N3O. The first kappa shape index (κ1) is 15.3. The fourth-order valence-corrected chi connectivity index (χ4v) is 2.52. The van der Waals surface area contributed by atoms with Crippen LogP contribution in [0.5, 0.6) is 0 Å². The molecule has 0 spiro atoms. The molecule has 2 rings (SSSR count). The molecule has 1 fully saturated rings. The highest BCUT2D eigenvalue weighted by Gasteiger charge is 2.18. The molecule has 1 aliphatic rings. The molecule has 0 radical (unpaired) electrons. The Kier molecular flexibility index (Phi) is 5.80. The lowest BCUT2D eigenvalue weighted by atomic mass is 10.2. The topological polar surface area (TPSA) is 37.4 Å². The van der Waals surface area contributed by atoms with Crippen molar-refractivity contribution in [3.8, 4) is 0 Å². The largest absolute Gasteiger partial charge is 0.376 e. The highest BCUT2D eigenvalue weighted by molar-refractivity contribution is 5.46. The van der Waals surface area contributed by atoms with Gasteiger partial charge in [-0.1, -0.05) is 13.8 Å². The van der Waals surface area contributed by atoms with Gasteiger partial charge in [0.15, 0.2) is 0 Å². The minimum atomic E-state index is 0.389. The van der Waals surface area contributed by atoms with Crippen LogP contribution in [0.1, 0.15) is 39.3 Å². The van der Waals surface area contributed by atoms with Gasteiger partial charge in [0.1, 0.15) is 0 Å². The molecule has 0 aromatic carbocycles. The summed E-state index contributed by atoms with van der Waals surface area (Å²) in [5.41, 5.74) is 2.35. The first-order valence-electron chi connectivity index (χ1n) is 7.74. The predicted molar refractivity (Wildman–Crippen MR) is 83.1 cm³/mol. The number of pyridine rings is 1. The number of hydrogen-bond donors (Lipinski definition) is 1. The van der Waals surface area contributed by atoms with Crippen LogP contribution in [0.15, 0.2) is 18.3 Å². The number of ether oxygens (including phenoxy) is 1. The van der Waals surface area contributed by atoms with E-state index < -0.39 is 0 Å². The minimum Gasteiger partial charge on any atom is -0.376 e. The van der Waals surface area contributed by atoms with Crippen molar-refractivity contribution in [1.82, 2.24) is 10.3 Å². The Morgan fingerprint density at radius 1 is 1.50 bits per heavy atom. The molecule has 0 bridgehead atoms. The van der Waals surface area contributed by atoms with Crippen LogP contribution in [0.2, 0.25) is 0 Å². The fraction of sp³-hybridized carbons (Fsp3) is 0.688. The quantitative estimate of drug-likeness (QED) is 0.831. The Morgan fingerprint density at radius 3 is 3.00 bits per heavy atom. The zero-order valence-corrected chi connectivity index (χ0v) is 12.9. The van der Waals surface area contributed by atoms with Gasteiger partial charge in [-0.3, -0.25) is 4.98 Å². The lowest BCUT2D eigenvalue weighted by molar-refractivity contribution is 0.115. The minimum absolute atomic E-state index is 0.389. The van der Waals surface area contributed by atoms with Crippen LogP contribution in [-0.4, -0.2) is 36.8 Å². The van der Waals surface area contributed by atoms with Gasteiger partial charge in [-0.2, -0.15) is 0 Å². The summed E-state index contributed by atoms with van der Waals surface area (Å²) in [6.07, 6.45) is 4.68. The van der Waals surface area contributed by atoms with Crippen molar-refractivity contribution in [1.29, 1.82) is 0 Å². The second-order valence-corrected chi connectivity index (χ2v) is 5.71. The Balaban J connectivity index is 1.99. The Hall–Kier alpha value is -1.13. The average molecular weight is 277 g/mol. The number of hydrogen-bond acceptors (Lipinski definition) is 4. The summed E-state index contributed by atoms with van der Waals surface area (Å²) < 4.78 is 5.75. The third-order valence-electron chi connectivity index (χ3n) is 3.69. The monoisotopic (exact) mass is 277 g/mol. The summed E-state index contributed by atoms with van der Waals surface area (Å²) in [5, 5.41) is 3.41. The molecule has 112 valence electrons. The molecule has 0 amide bonds. The van der Waals surface area contributed by atoms with Gasteiger partial charge in [-0.05, 0) is 31.9 Å². The van der Waals surface area contributed by atoms with Crippen LogP contribution in [0, 0.1) is 0 Å². The first-order chi connectivity index (χ1) is 9.69. The lowest BCUT2D eigenvalue weighted by Gasteiger charge is -2.26. The molecule has 1 aliphatic heterocycles. The summed E-state index contributed by atoms with van der Waals surface area (Å²) in [4.78, 5) is 6.82. The highest BCUT2D eigenvalue weighted by atomic mass is 16.5. The van der Waals surface area contributed by atoms with Crippen molar-refractivity contribution in [3.63, 3.8) is 0 Å². The summed E-state index contributed by atoms with van der Waals surface area (Å²) in [5.74, 6) is 0. The maximum absolute atomic E-state index is 5.75. The predicted octanol–water partition coefficient (Wildman–Crippen LogP) is 2.58. The van der Waals surface area contributed by atoms with E-state index in [0.717, 1.165) is 31.9 Å². The third-order valence-corrected chi connectivity index (χ3v) is 3.69. The molecule has 1 atom stereocenters. The maximum Gasteiger partial charge on any atom is 0.0750 e. The van der Waals surface area contributed by atoms with Crippen LogP contribution in [0.3, 0.4) is 0 Å². The molecular weight excluding hydrogens is 250 g/mol. The fourth-order valence-electron chi connectivity index (χ4n) is 2.52. The second-order valence-electron chi connectivity index (χ2n) is 5.71. The lowest BCUT2D eigenvalue weighted by Crippen LogP contribution is -2.32. The summed E-state index contributed by atoms with van der Waals surface area (Å²) in [6, 6.07) is 4.76. The van der Waals surface area contributed by atoms with Gasteiger partial charge < -0.3 is 15.0 Å². The van der Waals surface area contributed by atoms with Crippen molar-refractivity contribution in [2.75, 3.05) is 24.6 Å². The Bertz CT molecular complexity index is 402. The van der Waals surface area contributed by atoms with Gasteiger partial charge in [0.2, 0.25) is 0 Å². The number of nitrogens with zero attached hydrogens (tertiary/aromatic N) is 2. The summed E-state index contributed by atoms with van der Waals surface area (Å²) in [6.45, 7) is 10.2. The van der Waals surface area contributed by atoms with Crippen LogP contribution >= 0.6 is 0 Å². The summed E-state index contributed by atoms with van der Waals surface area (Å²) >= 11 is 0. The van der Waals surface area contributed by atoms with Gasteiger partial charge in [-0.15, -0.1) is 0 Å². The molecule has 1 aromatic rings. The van der Waals surface area contributed by atoms with Crippen molar-refractivity contribution < 1.29 is 4.74 Å². The molecule has 1 unspecified atom stereocenters. The number of nitrogens with one attached hydrogen (secondary N) is 1. The van der Waals surface area contributed by atoms with E-state index in [1.165, 1.54) is 18.5 Å². The van der Waals surface area contributed by atoms with Crippen LogP contribution in [0.25, 0.3) is 0 Å². The number of rotatable bonds is 7. The molecule has 4 heteroatoms. The Morgan fingerprint density at radius 2 is 2.35 bits per heavy atom. The second kappa shape index (κ2) is 7.60. The van der Waals surface area contributed by atoms with Crippen LogP contribution in [-0.2, 0) is 11.3 Å². The van der Waals surface area contributed by atoms with Gasteiger partial charge in [-0.25, -0.2) is 0 Å². The summed E-state index contributed by atoms with van der Waals surface area (Å²) in [7, 11) is 0. The molecule has 1 saturated heterocycles. The van der Waals surface area contributed by atoms with Crippen molar-refractivity contribution in [3.05, 3.63) is 24.0 Å². The number of aromatic nitrogens is 1. The van der Waals surface area contributed by atoms with Crippen molar-refractivity contribution >= 4 is 5.69 Å². The normalized spacial score (nSPS) is 18.7. The zero-order chi connectivity index (χ0) is 14.4. The molecule has 1 aromatic heterocycles. The van der Waals surface area contributed by atoms with Gasteiger partial charge >= 0.3 is 0 Å². The van der Waals surface area contributed by atoms with Crippen molar-refractivity contribution in [2.24, 2.45) is 0 Å². The molecule has 20 heavy (non-hydrogen) atoms. The SMILES string of the molecule is CCN(CC1CCCO1)c1ccnc(CNC(C)C)c1. The highest BCUT2D eigenvalue weighted by Crippen LogP contribution is 2.19. The van der Waals surface area contributed by atoms with E-state index in [4.69, 9.17) is 4.74 Å². The van der Waals surface area contributed by atoms with Crippen molar-refractivity contribution in [2.45, 2.75) is 52.3 Å². The molecule has 0 aliphatic carbocycles. The smallest absolute Gasteiger partial charge is 0.0750 e. The van der Waals surface area contributed by atoms with E-state index in [1.54, 1.807) is 0 Å². The average Bonchev–Trinajstić information content (AvgIpc) is 2.96. The van der Waals surface area contributed by atoms with Gasteiger partial charge in [0.05, 0.1) is 11.8 Å². The third kappa shape index (κ3) is 4.46. The molecule has 1 N–H and O–H groups in total. The number of anilines is 1.